The maximum absolute atomic E-state index is 12.8. The molecule has 12 nitrogen and oxygen atoms in total. The van der Waals surface area contributed by atoms with Gasteiger partial charge in [0.15, 0.2) is 18.3 Å². The van der Waals surface area contributed by atoms with E-state index in [0.29, 0.717) is 43.3 Å². The number of rotatable bonds is 15. The highest BCUT2D eigenvalue weighted by molar-refractivity contribution is 7.91. The third kappa shape index (κ3) is 6.56. The molecule has 0 aliphatic heterocycles. The molecule has 0 N–H and O–H groups in total. The summed E-state index contributed by atoms with van der Waals surface area (Å²) >= 11 is 0. The molecular weight excluding hydrogens is 496 g/mol. The summed E-state index contributed by atoms with van der Waals surface area (Å²) in [6.07, 6.45) is 0.983. The lowest BCUT2D eigenvalue weighted by Gasteiger charge is -2.16. The molecule has 0 aliphatic rings. The van der Waals surface area contributed by atoms with Crippen LogP contribution in [0, 0.1) is 5.21 Å². The molecule has 0 atom stereocenters. The minimum atomic E-state index is -4.18. The molecule has 0 unspecified atom stereocenters. The van der Waals surface area contributed by atoms with Gasteiger partial charge in [-0.2, -0.15) is 0 Å². The van der Waals surface area contributed by atoms with Gasteiger partial charge in [-0.05, 0) is 47.6 Å². The van der Waals surface area contributed by atoms with Crippen LogP contribution in [-0.4, -0.2) is 61.5 Å². The predicted octanol–water partition coefficient (Wildman–Crippen LogP) is 2.17. The molecule has 0 fully saturated rings. The Morgan fingerprint density at radius 1 is 0.972 bits per heavy atom. The van der Waals surface area contributed by atoms with Crippen molar-refractivity contribution in [1.82, 2.24) is 5.16 Å². The number of sulfone groups is 1. The van der Waals surface area contributed by atoms with Crippen LogP contribution in [0.25, 0.3) is 0 Å². The largest absolute Gasteiger partial charge is 0.493 e. The molecule has 13 heteroatoms. The smallest absolute Gasteiger partial charge is 0.414 e. The molecule has 0 bridgehead atoms. The van der Waals surface area contributed by atoms with Crippen molar-refractivity contribution in [2.45, 2.75) is 22.8 Å². The Kier molecular flexibility index (Phi) is 9.73. The number of aromatic nitrogens is 2. The highest BCUT2D eigenvalue weighted by atomic mass is 32.2. The lowest BCUT2D eigenvalue weighted by molar-refractivity contribution is -0.832. The fourth-order valence-corrected chi connectivity index (χ4v) is 4.50. The van der Waals surface area contributed by atoms with E-state index >= 15 is 0 Å². The first kappa shape index (κ1) is 27.0. The van der Waals surface area contributed by atoms with E-state index in [1.807, 2.05) is 0 Å². The van der Waals surface area contributed by atoms with Crippen LogP contribution in [0.4, 0.5) is 0 Å². The maximum Gasteiger partial charge on any atom is 0.414 e. The van der Waals surface area contributed by atoms with E-state index < -0.39 is 20.7 Å². The van der Waals surface area contributed by atoms with Crippen LogP contribution in [0.1, 0.15) is 12.0 Å². The van der Waals surface area contributed by atoms with Crippen LogP contribution in [0.3, 0.4) is 0 Å². The Balaban J connectivity index is 1.63. The molecule has 36 heavy (non-hydrogen) atoms. The quantitative estimate of drug-likeness (QED) is 0.164. The molecule has 0 saturated heterocycles. The second kappa shape index (κ2) is 13.0. The van der Waals surface area contributed by atoms with Crippen LogP contribution >= 0.6 is 0 Å². The first-order valence-electron chi connectivity index (χ1n) is 10.9. The molecular formula is C23H28N2O10S. The Bertz CT molecular complexity index is 1190. The van der Waals surface area contributed by atoms with Crippen molar-refractivity contribution in [3.63, 3.8) is 0 Å². The molecule has 196 valence electrons. The zero-order valence-electron chi connectivity index (χ0n) is 20.2. The number of aryl methyl sites for hydroxylation is 1. The number of nitrogens with zero attached hydrogens (tertiary/aromatic N) is 2. The average molecular weight is 525 g/mol. The van der Waals surface area contributed by atoms with E-state index in [0.717, 1.165) is 5.56 Å². The lowest BCUT2D eigenvalue weighted by Crippen LogP contribution is -2.31. The zero-order chi connectivity index (χ0) is 26.0. The van der Waals surface area contributed by atoms with Crippen molar-refractivity contribution in [2.75, 3.05) is 47.9 Å². The summed E-state index contributed by atoms with van der Waals surface area (Å²) in [5.41, 5.74) is 0.858. The van der Waals surface area contributed by atoms with Gasteiger partial charge in [-0.3, -0.25) is 4.63 Å². The van der Waals surface area contributed by atoms with Gasteiger partial charge in [0, 0.05) is 7.11 Å². The van der Waals surface area contributed by atoms with Gasteiger partial charge in [-0.1, -0.05) is 18.2 Å². The summed E-state index contributed by atoms with van der Waals surface area (Å²) in [6.45, 7) is 0.891. The standard InChI is InChI=1S/C23H28N2O10S/c1-29-12-13-32-16-34-21-19(30-2)14-17(15-20(21)31-3)8-7-11-33-22-23(25(26)35-24-22)36(27,28)18-9-5-4-6-10-18/h4-6,9-10,14-15H,7-8,11-13,16H2,1-3H3. The Labute approximate surface area is 208 Å². The number of hydrogen-bond acceptors (Lipinski definition) is 11. The van der Waals surface area contributed by atoms with Crippen molar-refractivity contribution in [3.05, 3.63) is 53.2 Å². The number of ether oxygens (including phenoxy) is 6. The van der Waals surface area contributed by atoms with E-state index in [2.05, 4.69) is 9.79 Å². The number of methoxy groups -OCH3 is 3. The SMILES string of the molecule is COCCOCOc1c(OC)cc(CCCOc2no[n+]([O-])c2S(=O)(=O)c2ccccc2)cc1OC. The van der Waals surface area contributed by atoms with E-state index in [4.69, 9.17) is 28.4 Å². The molecule has 3 rings (SSSR count). The van der Waals surface area contributed by atoms with E-state index in [9.17, 15) is 13.6 Å². The van der Waals surface area contributed by atoms with Gasteiger partial charge in [0.2, 0.25) is 5.75 Å². The van der Waals surface area contributed by atoms with Crippen LogP contribution in [0.15, 0.2) is 57.0 Å². The maximum atomic E-state index is 12.8. The van der Waals surface area contributed by atoms with Crippen molar-refractivity contribution < 1.29 is 46.4 Å². The van der Waals surface area contributed by atoms with Crippen LogP contribution in [0.2, 0.25) is 0 Å². The van der Waals surface area contributed by atoms with Crippen molar-refractivity contribution in [1.29, 1.82) is 0 Å². The third-order valence-electron chi connectivity index (χ3n) is 4.94. The summed E-state index contributed by atoms with van der Waals surface area (Å²) in [4.78, 5) is -0.251. The van der Waals surface area contributed by atoms with E-state index in [1.54, 1.807) is 37.4 Å². The fraction of sp³-hybridized carbons (Fsp3) is 0.391. The monoisotopic (exact) mass is 524 g/mol. The van der Waals surface area contributed by atoms with Crippen LogP contribution in [0.5, 0.6) is 23.1 Å². The van der Waals surface area contributed by atoms with Crippen LogP contribution < -0.4 is 23.9 Å². The summed E-state index contributed by atoms with van der Waals surface area (Å²) < 4.78 is 62.4. The van der Waals surface area contributed by atoms with Gasteiger partial charge in [-0.25, -0.2) is 8.42 Å². The third-order valence-corrected chi connectivity index (χ3v) is 6.67. The Morgan fingerprint density at radius 2 is 1.67 bits per heavy atom. The summed E-state index contributed by atoms with van der Waals surface area (Å²) in [7, 11) is 0.427. The van der Waals surface area contributed by atoms with Crippen LogP contribution in [-0.2, 0) is 25.7 Å². The molecule has 0 spiro atoms. The zero-order valence-corrected chi connectivity index (χ0v) is 21.0. The van der Waals surface area contributed by atoms with Gasteiger partial charge in [0.25, 0.3) is 9.84 Å². The normalized spacial score (nSPS) is 11.3. The Morgan fingerprint density at radius 3 is 2.31 bits per heavy atom. The highest BCUT2D eigenvalue weighted by Gasteiger charge is 2.35. The summed E-state index contributed by atoms with van der Waals surface area (Å²) in [6, 6.07) is 11.1. The molecule has 0 amide bonds. The fourth-order valence-electron chi connectivity index (χ4n) is 3.21. The first-order chi connectivity index (χ1) is 17.4. The summed E-state index contributed by atoms with van der Waals surface area (Å²) in [5, 5.41) is 14.7. The van der Waals surface area contributed by atoms with Gasteiger partial charge in [0.1, 0.15) is 0 Å². The van der Waals surface area contributed by atoms with Crippen molar-refractivity contribution >= 4 is 9.84 Å². The number of hydrogen-bond donors (Lipinski definition) is 0. The average Bonchev–Trinajstić information content (AvgIpc) is 3.27. The van der Waals surface area contributed by atoms with E-state index in [-0.39, 0.29) is 23.2 Å². The minimum Gasteiger partial charge on any atom is -0.493 e. The minimum absolute atomic E-state index is 0.00506. The predicted molar refractivity (Wildman–Crippen MR) is 124 cm³/mol. The molecule has 0 aliphatic carbocycles. The Hall–Kier alpha value is -3.55. The molecule has 1 heterocycles. The molecule has 1 aromatic heterocycles. The molecule has 2 aromatic carbocycles. The molecule has 0 radical (unpaired) electrons. The van der Waals surface area contributed by atoms with Gasteiger partial charge in [0.05, 0.1) is 44.1 Å². The van der Waals surface area contributed by atoms with Crippen molar-refractivity contribution in [3.8, 4) is 23.1 Å². The topological polar surface area (TPSA) is 142 Å². The van der Waals surface area contributed by atoms with Gasteiger partial charge >= 0.3 is 10.9 Å². The van der Waals surface area contributed by atoms with Gasteiger partial charge in [-0.15, -0.1) is 0 Å². The second-order valence-electron chi connectivity index (χ2n) is 7.30. The molecule has 3 aromatic rings. The first-order valence-corrected chi connectivity index (χ1v) is 12.4. The highest BCUT2D eigenvalue weighted by Crippen LogP contribution is 2.39. The van der Waals surface area contributed by atoms with Crippen molar-refractivity contribution in [2.24, 2.45) is 0 Å². The van der Waals surface area contributed by atoms with Gasteiger partial charge < -0.3 is 33.6 Å². The van der Waals surface area contributed by atoms with E-state index in [1.165, 1.54) is 26.4 Å². The summed E-state index contributed by atoms with van der Waals surface area (Å²) in [5.74, 6) is 0.915. The lowest BCUT2D eigenvalue weighted by atomic mass is 10.1. The molecule has 0 saturated carbocycles. The second-order valence-corrected chi connectivity index (χ2v) is 9.17. The number of benzene rings is 2.